The number of nitrogen functional groups attached to an aromatic ring is 1. The molecule has 0 fully saturated rings. The first kappa shape index (κ1) is 16.5. The molecule has 1 aromatic heterocycles. The fourth-order valence-corrected chi connectivity index (χ4v) is 3.13. The van der Waals surface area contributed by atoms with Gasteiger partial charge in [0.2, 0.25) is 0 Å². The maximum Gasteiger partial charge on any atom is 0.171 e. The zero-order valence-electron chi connectivity index (χ0n) is 12.7. The van der Waals surface area contributed by atoms with E-state index in [0.29, 0.717) is 22.0 Å². The first-order valence-corrected chi connectivity index (χ1v) is 7.21. The zero-order chi connectivity index (χ0) is 15.5. The molecule has 1 aromatic rings. The van der Waals surface area contributed by atoms with E-state index in [1.165, 1.54) is 18.3 Å². The highest BCUT2D eigenvalue weighted by molar-refractivity contribution is 7.18. The van der Waals surface area contributed by atoms with E-state index in [1.54, 1.807) is 0 Å². The normalized spacial score (nSPS) is 11.4. The highest BCUT2D eigenvalue weighted by Crippen LogP contribution is 2.36. The molecule has 0 unspecified atom stereocenters. The number of anilines is 2. The highest BCUT2D eigenvalue weighted by atomic mass is 32.1. The molecule has 0 radical (unpaired) electrons. The van der Waals surface area contributed by atoms with Crippen LogP contribution in [0.4, 0.5) is 10.7 Å². The lowest BCUT2D eigenvalue weighted by molar-refractivity contribution is 0.102. The van der Waals surface area contributed by atoms with Crippen molar-refractivity contribution in [3.63, 3.8) is 0 Å². The molecule has 1 rings (SSSR count). The quantitative estimate of drug-likeness (QED) is 0.787. The van der Waals surface area contributed by atoms with Crippen molar-refractivity contribution in [2.24, 2.45) is 5.41 Å². The van der Waals surface area contributed by atoms with E-state index >= 15 is 0 Å². The van der Waals surface area contributed by atoms with Gasteiger partial charge in [0.25, 0.3) is 0 Å². The Morgan fingerprint density at radius 2 is 2.10 bits per heavy atom. The maximum atomic E-state index is 11.5. The fourth-order valence-electron chi connectivity index (χ4n) is 2.17. The standard InChI is InChI=1S/C14H22N4OS/c1-9(19)12-11(16)10(6-15)13(20-12)17-7-14(2,3)8-18(4)5/h17H,7-8,16H2,1-5H3. The van der Waals surface area contributed by atoms with Gasteiger partial charge in [-0.3, -0.25) is 4.79 Å². The Morgan fingerprint density at radius 1 is 1.50 bits per heavy atom. The van der Waals surface area contributed by atoms with Crippen molar-refractivity contribution in [1.82, 2.24) is 4.90 Å². The Balaban J connectivity index is 2.91. The summed E-state index contributed by atoms with van der Waals surface area (Å²) in [6, 6.07) is 2.08. The second-order valence-electron chi connectivity index (χ2n) is 5.97. The van der Waals surface area contributed by atoms with Crippen molar-refractivity contribution in [3.05, 3.63) is 10.4 Å². The molecule has 0 aliphatic carbocycles. The molecule has 0 aromatic carbocycles. The number of ketones is 1. The molecule has 0 saturated carbocycles. The molecule has 20 heavy (non-hydrogen) atoms. The van der Waals surface area contributed by atoms with Crippen molar-refractivity contribution < 1.29 is 4.79 Å². The van der Waals surface area contributed by atoms with Gasteiger partial charge in [-0.05, 0) is 19.5 Å². The van der Waals surface area contributed by atoms with Crippen LogP contribution in [-0.2, 0) is 0 Å². The van der Waals surface area contributed by atoms with E-state index in [9.17, 15) is 10.1 Å². The van der Waals surface area contributed by atoms with Crippen molar-refractivity contribution in [1.29, 1.82) is 5.26 Å². The number of rotatable bonds is 6. The molecule has 0 aliphatic heterocycles. The Morgan fingerprint density at radius 3 is 2.55 bits per heavy atom. The summed E-state index contributed by atoms with van der Waals surface area (Å²) in [5.74, 6) is -0.107. The van der Waals surface area contributed by atoms with E-state index in [1.807, 2.05) is 14.1 Å². The number of Topliss-reactive ketones (excluding diaryl/α,β-unsaturated/α-hetero) is 1. The van der Waals surface area contributed by atoms with Crippen LogP contribution < -0.4 is 11.1 Å². The monoisotopic (exact) mass is 294 g/mol. The van der Waals surface area contributed by atoms with Crippen LogP contribution >= 0.6 is 11.3 Å². The summed E-state index contributed by atoms with van der Waals surface area (Å²) in [7, 11) is 4.05. The average Bonchev–Trinajstić information content (AvgIpc) is 2.61. The number of nitrogens with two attached hydrogens (primary N) is 1. The molecule has 0 bridgehead atoms. The second-order valence-corrected chi connectivity index (χ2v) is 6.99. The molecular formula is C14H22N4OS. The van der Waals surface area contributed by atoms with Gasteiger partial charge in [-0.25, -0.2) is 0 Å². The number of hydrogen-bond acceptors (Lipinski definition) is 6. The van der Waals surface area contributed by atoms with Crippen LogP contribution in [0.1, 0.15) is 36.0 Å². The van der Waals surface area contributed by atoms with Crippen LogP contribution in [0.2, 0.25) is 0 Å². The second kappa shape index (κ2) is 6.25. The molecule has 5 nitrogen and oxygen atoms in total. The van der Waals surface area contributed by atoms with E-state index in [4.69, 9.17) is 5.73 Å². The summed E-state index contributed by atoms with van der Waals surface area (Å²) < 4.78 is 0. The average molecular weight is 294 g/mol. The Bertz CT molecular complexity index is 540. The molecule has 0 aliphatic rings. The SMILES string of the molecule is CC(=O)c1sc(NCC(C)(C)CN(C)C)c(C#N)c1N. The van der Waals surface area contributed by atoms with Crippen molar-refractivity contribution >= 4 is 27.8 Å². The van der Waals surface area contributed by atoms with Gasteiger partial charge in [-0.2, -0.15) is 5.26 Å². The minimum absolute atomic E-state index is 0.0470. The number of nitrogens with one attached hydrogen (secondary N) is 1. The minimum atomic E-state index is -0.107. The first-order valence-electron chi connectivity index (χ1n) is 6.40. The van der Waals surface area contributed by atoms with Gasteiger partial charge < -0.3 is 16.0 Å². The third kappa shape index (κ3) is 3.95. The minimum Gasteiger partial charge on any atom is -0.396 e. The third-order valence-corrected chi connectivity index (χ3v) is 4.11. The molecule has 0 saturated heterocycles. The van der Waals surface area contributed by atoms with Gasteiger partial charge in [0.05, 0.1) is 10.6 Å². The smallest absolute Gasteiger partial charge is 0.171 e. The Kier molecular flexibility index (Phi) is 5.15. The molecule has 3 N–H and O–H groups in total. The van der Waals surface area contributed by atoms with Crippen molar-refractivity contribution in [3.8, 4) is 6.07 Å². The lowest BCUT2D eigenvalue weighted by Crippen LogP contribution is -2.34. The summed E-state index contributed by atoms with van der Waals surface area (Å²) in [5.41, 5.74) is 6.57. The summed E-state index contributed by atoms with van der Waals surface area (Å²) in [6.07, 6.45) is 0. The van der Waals surface area contributed by atoms with Crippen LogP contribution in [0.25, 0.3) is 0 Å². The molecule has 1 heterocycles. The summed E-state index contributed by atoms with van der Waals surface area (Å²) in [6.45, 7) is 7.38. The predicted octanol–water partition coefficient (Wildman–Crippen LogP) is 2.40. The fraction of sp³-hybridized carbons (Fsp3) is 0.571. The maximum absolute atomic E-state index is 11.5. The van der Waals surface area contributed by atoms with Gasteiger partial charge in [0.15, 0.2) is 5.78 Å². The lowest BCUT2D eigenvalue weighted by Gasteiger charge is -2.28. The third-order valence-electron chi connectivity index (χ3n) is 2.85. The van der Waals surface area contributed by atoms with E-state index < -0.39 is 0 Å². The Labute approximate surface area is 124 Å². The van der Waals surface area contributed by atoms with Crippen molar-refractivity contribution in [2.75, 3.05) is 38.2 Å². The van der Waals surface area contributed by atoms with Gasteiger partial charge in [0, 0.05) is 20.0 Å². The van der Waals surface area contributed by atoms with Crippen LogP contribution in [0.15, 0.2) is 0 Å². The topological polar surface area (TPSA) is 82.2 Å². The van der Waals surface area contributed by atoms with Crippen LogP contribution in [0, 0.1) is 16.7 Å². The molecule has 0 amide bonds. The van der Waals surface area contributed by atoms with E-state index in [2.05, 4.69) is 30.1 Å². The summed E-state index contributed by atoms with van der Waals surface area (Å²) in [5, 5.41) is 13.1. The summed E-state index contributed by atoms with van der Waals surface area (Å²) in [4.78, 5) is 14.1. The molecule has 0 spiro atoms. The highest BCUT2D eigenvalue weighted by Gasteiger charge is 2.22. The van der Waals surface area contributed by atoms with Gasteiger partial charge >= 0.3 is 0 Å². The van der Waals surface area contributed by atoms with Crippen LogP contribution in [-0.4, -0.2) is 37.9 Å². The Hall–Kier alpha value is -1.58. The van der Waals surface area contributed by atoms with Crippen molar-refractivity contribution in [2.45, 2.75) is 20.8 Å². The lowest BCUT2D eigenvalue weighted by atomic mass is 9.93. The van der Waals surface area contributed by atoms with Crippen LogP contribution in [0.3, 0.4) is 0 Å². The number of carbonyl (C=O) groups excluding carboxylic acids is 1. The van der Waals surface area contributed by atoms with Crippen LogP contribution in [0.5, 0.6) is 0 Å². The number of nitriles is 1. The van der Waals surface area contributed by atoms with Gasteiger partial charge in [-0.15, -0.1) is 11.3 Å². The largest absolute Gasteiger partial charge is 0.396 e. The molecular weight excluding hydrogens is 272 g/mol. The molecule has 6 heteroatoms. The summed E-state index contributed by atoms with van der Waals surface area (Å²) >= 11 is 1.26. The molecule has 110 valence electrons. The number of carbonyl (C=O) groups is 1. The van der Waals surface area contributed by atoms with Gasteiger partial charge in [0.1, 0.15) is 16.6 Å². The zero-order valence-corrected chi connectivity index (χ0v) is 13.5. The first-order chi connectivity index (χ1) is 9.18. The molecule has 0 atom stereocenters. The predicted molar refractivity (Wildman–Crippen MR) is 84.3 cm³/mol. The van der Waals surface area contributed by atoms with E-state index in [-0.39, 0.29) is 16.9 Å². The van der Waals surface area contributed by atoms with E-state index in [0.717, 1.165) is 6.54 Å². The number of nitrogens with zero attached hydrogens (tertiary/aromatic N) is 2. The van der Waals surface area contributed by atoms with Gasteiger partial charge in [-0.1, -0.05) is 13.8 Å². The number of thiophene rings is 1. The number of hydrogen-bond donors (Lipinski definition) is 2.